The molecule has 0 radical (unpaired) electrons. The van der Waals surface area contributed by atoms with Gasteiger partial charge in [0.05, 0.1) is 14.2 Å². The Bertz CT molecular complexity index is 857. The molecule has 0 aromatic heterocycles. The summed E-state index contributed by atoms with van der Waals surface area (Å²) < 4.78 is 10.4. The van der Waals surface area contributed by atoms with Crippen LogP contribution in [0.25, 0.3) is 6.08 Å². The van der Waals surface area contributed by atoms with Gasteiger partial charge in [0.25, 0.3) is 0 Å². The van der Waals surface area contributed by atoms with E-state index in [0.29, 0.717) is 30.3 Å². The van der Waals surface area contributed by atoms with E-state index in [1.54, 1.807) is 61.6 Å². The maximum atomic E-state index is 12.2. The van der Waals surface area contributed by atoms with Gasteiger partial charge in [-0.05, 0) is 42.0 Å². The molecule has 1 heterocycles. The Balaban J connectivity index is 1.69. The number of benzene rings is 2. The zero-order chi connectivity index (χ0) is 19.2. The molecule has 1 aliphatic heterocycles. The van der Waals surface area contributed by atoms with Crippen molar-refractivity contribution in [1.82, 2.24) is 5.32 Å². The Morgan fingerprint density at radius 3 is 2.52 bits per heavy atom. The van der Waals surface area contributed by atoms with Crippen LogP contribution in [0.3, 0.4) is 0 Å². The van der Waals surface area contributed by atoms with Crippen molar-refractivity contribution in [3.8, 4) is 11.5 Å². The van der Waals surface area contributed by atoms with Gasteiger partial charge in [-0.2, -0.15) is 0 Å². The lowest BCUT2D eigenvalue weighted by atomic mass is 10.2. The average Bonchev–Trinajstić information content (AvgIpc) is 3.12. The maximum Gasteiger partial charge on any atom is 0.321 e. The van der Waals surface area contributed by atoms with Crippen LogP contribution in [0.15, 0.2) is 48.5 Å². The Kier molecular flexibility index (Phi) is 5.61. The van der Waals surface area contributed by atoms with Crippen LogP contribution in [0.1, 0.15) is 5.56 Å². The molecular formula is C20H21N3O4. The molecule has 2 aromatic rings. The van der Waals surface area contributed by atoms with Crippen LogP contribution in [0.2, 0.25) is 0 Å². The molecule has 2 N–H and O–H groups in total. The largest absolute Gasteiger partial charge is 0.497 e. The summed E-state index contributed by atoms with van der Waals surface area (Å²) in [5, 5.41) is 5.55. The van der Waals surface area contributed by atoms with Gasteiger partial charge in [0.1, 0.15) is 11.5 Å². The summed E-state index contributed by atoms with van der Waals surface area (Å²) in [6.45, 7) is 1.22. The summed E-state index contributed by atoms with van der Waals surface area (Å²) in [5.41, 5.74) is 2.14. The molecular weight excluding hydrogens is 346 g/mol. The Labute approximate surface area is 157 Å². The first kappa shape index (κ1) is 18.3. The number of nitrogens with zero attached hydrogens (tertiary/aromatic N) is 1. The number of ether oxygens (including phenoxy) is 2. The van der Waals surface area contributed by atoms with Crippen molar-refractivity contribution >= 4 is 29.4 Å². The molecule has 1 fully saturated rings. The quantitative estimate of drug-likeness (QED) is 0.770. The van der Waals surface area contributed by atoms with Gasteiger partial charge in [-0.3, -0.25) is 9.69 Å². The summed E-state index contributed by atoms with van der Waals surface area (Å²) in [7, 11) is 3.14. The molecule has 7 nitrogen and oxygen atoms in total. The van der Waals surface area contributed by atoms with E-state index in [0.717, 1.165) is 11.3 Å². The highest BCUT2D eigenvalue weighted by atomic mass is 16.5. The molecule has 0 bridgehead atoms. The highest BCUT2D eigenvalue weighted by Crippen LogP contribution is 2.24. The summed E-state index contributed by atoms with van der Waals surface area (Å²) >= 11 is 0. The monoisotopic (exact) mass is 367 g/mol. The molecule has 0 spiro atoms. The lowest BCUT2D eigenvalue weighted by Crippen LogP contribution is -2.27. The van der Waals surface area contributed by atoms with E-state index in [9.17, 15) is 9.59 Å². The molecule has 7 heteroatoms. The smallest absolute Gasteiger partial charge is 0.321 e. The second-order valence-corrected chi connectivity index (χ2v) is 5.90. The van der Waals surface area contributed by atoms with Gasteiger partial charge in [0.2, 0.25) is 5.91 Å². The van der Waals surface area contributed by atoms with Crippen molar-refractivity contribution in [3.05, 3.63) is 54.1 Å². The van der Waals surface area contributed by atoms with E-state index in [2.05, 4.69) is 10.6 Å². The molecule has 27 heavy (non-hydrogen) atoms. The van der Waals surface area contributed by atoms with Crippen LogP contribution in [-0.4, -0.2) is 39.2 Å². The molecule has 0 aliphatic carbocycles. The average molecular weight is 367 g/mol. The Hall–Kier alpha value is -3.48. The Morgan fingerprint density at radius 1 is 1.15 bits per heavy atom. The van der Waals surface area contributed by atoms with Crippen LogP contribution >= 0.6 is 0 Å². The standard InChI is InChI=1S/C20H21N3O4/c1-26-17-10-14(11-18(13-17)27-2)6-7-19(24)22-15-4-3-5-16(12-15)23-9-8-21-20(23)25/h3-7,10-13H,8-9H2,1-2H3,(H,21,25)(H,22,24)/b7-6+. The van der Waals surface area contributed by atoms with Gasteiger partial charge in [0.15, 0.2) is 0 Å². The summed E-state index contributed by atoms with van der Waals surface area (Å²) in [5.74, 6) is 1.01. The van der Waals surface area contributed by atoms with E-state index >= 15 is 0 Å². The zero-order valence-electron chi connectivity index (χ0n) is 15.2. The van der Waals surface area contributed by atoms with Gasteiger partial charge in [-0.1, -0.05) is 6.07 Å². The number of methoxy groups -OCH3 is 2. The molecule has 3 amide bonds. The molecule has 140 valence electrons. The van der Waals surface area contributed by atoms with Crippen molar-refractivity contribution < 1.29 is 19.1 Å². The van der Waals surface area contributed by atoms with Crippen LogP contribution in [0.4, 0.5) is 16.2 Å². The number of urea groups is 1. The molecule has 0 saturated carbocycles. The first-order chi connectivity index (χ1) is 13.1. The van der Waals surface area contributed by atoms with E-state index in [1.165, 1.54) is 6.08 Å². The van der Waals surface area contributed by atoms with E-state index < -0.39 is 0 Å². The lowest BCUT2D eigenvalue weighted by molar-refractivity contribution is -0.111. The van der Waals surface area contributed by atoms with E-state index in [1.807, 2.05) is 6.07 Å². The number of hydrogen-bond donors (Lipinski definition) is 2. The highest BCUT2D eigenvalue weighted by Gasteiger charge is 2.21. The summed E-state index contributed by atoms with van der Waals surface area (Å²) in [4.78, 5) is 25.6. The fourth-order valence-electron chi connectivity index (χ4n) is 2.75. The van der Waals surface area contributed by atoms with Crippen molar-refractivity contribution in [2.45, 2.75) is 0 Å². The summed E-state index contributed by atoms with van der Waals surface area (Å²) in [6.07, 6.45) is 3.11. The van der Waals surface area contributed by atoms with Gasteiger partial charge in [-0.15, -0.1) is 0 Å². The molecule has 3 rings (SSSR count). The number of rotatable bonds is 6. The predicted octanol–water partition coefficient (Wildman–Crippen LogP) is 2.89. The minimum Gasteiger partial charge on any atom is -0.497 e. The van der Waals surface area contributed by atoms with Crippen LogP contribution < -0.4 is 25.0 Å². The number of nitrogens with one attached hydrogen (secondary N) is 2. The maximum absolute atomic E-state index is 12.2. The fraction of sp³-hybridized carbons (Fsp3) is 0.200. The SMILES string of the molecule is COc1cc(/C=C/C(=O)Nc2cccc(N3CCNC3=O)c2)cc(OC)c1. The topological polar surface area (TPSA) is 79.9 Å². The van der Waals surface area contributed by atoms with Gasteiger partial charge >= 0.3 is 6.03 Å². The predicted molar refractivity (Wildman–Crippen MR) is 104 cm³/mol. The van der Waals surface area contributed by atoms with Crippen molar-refractivity contribution in [2.24, 2.45) is 0 Å². The fourth-order valence-corrected chi connectivity index (χ4v) is 2.75. The number of anilines is 2. The van der Waals surface area contributed by atoms with E-state index in [-0.39, 0.29) is 11.9 Å². The van der Waals surface area contributed by atoms with Crippen LogP contribution in [0.5, 0.6) is 11.5 Å². The zero-order valence-corrected chi connectivity index (χ0v) is 15.2. The molecule has 2 aromatic carbocycles. The first-order valence-electron chi connectivity index (χ1n) is 8.46. The number of carbonyl (C=O) groups is 2. The highest BCUT2D eigenvalue weighted by molar-refractivity contribution is 6.02. The molecule has 0 atom stereocenters. The third-order valence-corrected chi connectivity index (χ3v) is 4.08. The molecule has 0 unspecified atom stereocenters. The molecule has 1 saturated heterocycles. The summed E-state index contributed by atoms with van der Waals surface area (Å²) in [6, 6.07) is 12.4. The second kappa shape index (κ2) is 8.27. The minimum atomic E-state index is -0.278. The second-order valence-electron chi connectivity index (χ2n) is 5.90. The number of amides is 3. The van der Waals surface area contributed by atoms with E-state index in [4.69, 9.17) is 9.47 Å². The van der Waals surface area contributed by atoms with Crippen molar-refractivity contribution in [1.29, 1.82) is 0 Å². The number of hydrogen-bond acceptors (Lipinski definition) is 4. The van der Waals surface area contributed by atoms with Gasteiger partial charge in [0, 0.05) is 36.6 Å². The van der Waals surface area contributed by atoms with Crippen LogP contribution in [-0.2, 0) is 4.79 Å². The Morgan fingerprint density at radius 2 is 1.89 bits per heavy atom. The molecule has 1 aliphatic rings. The van der Waals surface area contributed by atoms with Gasteiger partial charge < -0.3 is 20.1 Å². The van der Waals surface area contributed by atoms with Crippen LogP contribution in [0, 0.1) is 0 Å². The first-order valence-corrected chi connectivity index (χ1v) is 8.46. The third-order valence-electron chi connectivity index (χ3n) is 4.08. The lowest BCUT2D eigenvalue weighted by Gasteiger charge is -2.15. The van der Waals surface area contributed by atoms with Crippen molar-refractivity contribution in [2.75, 3.05) is 37.5 Å². The normalized spacial score (nSPS) is 13.6. The number of carbonyl (C=O) groups excluding carboxylic acids is 2. The van der Waals surface area contributed by atoms with Gasteiger partial charge in [-0.25, -0.2) is 4.79 Å². The minimum absolute atomic E-state index is 0.134. The van der Waals surface area contributed by atoms with Crippen molar-refractivity contribution in [3.63, 3.8) is 0 Å². The third kappa shape index (κ3) is 4.58.